The Morgan fingerprint density at radius 1 is 1.21 bits per heavy atom. The molecule has 14 heavy (non-hydrogen) atoms. The fourth-order valence-corrected chi connectivity index (χ4v) is 0.907. The number of nitrogens with one attached hydrogen (secondary N) is 3. The largest absolute Gasteiger partial charge is 0.354 e. The highest BCUT2D eigenvalue weighted by atomic mass is 16.2. The highest BCUT2D eigenvalue weighted by Gasteiger charge is 2.03. The first kappa shape index (κ1) is 12.7. The molecule has 0 atom stereocenters. The molecular formula is C9H19N3O2. The third-order valence-electron chi connectivity index (χ3n) is 1.42. The van der Waals surface area contributed by atoms with Crippen LogP contribution in [0.15, 0.2) is 0 Å². The maximum Gasteiger partial charge on any atom is 0.314 e. The molecule has 0 aromatic rings. The SMILES string of the molecule is CCNC(=O)NCCC(=O)NC(C)C. The minimum absolute atomic E-state index is 0.0446. The predicted octanol–water partition coefficient (Wildman–Crippen LogP) is 0.220. The summed E-state index contributed by atoms with van der Waals surface area (Å²) in [7, 11) is 0. The van der Waals surface area contributed by atoms with E-state index in [2.05, 4.69) is 16.0 Å². The lowest BCUT2D eigenvalue weighted by molar-refractivity contribution is -0.121. The van der Waals surface area contributed by atoms with Crippen molar-refractivity contribution in [1.82, 2.24) is 16.0 Å². The first-order valence-corrected chi connectivity index (χ1v) is 4.87. The van der Waals surface area contributed by atoms with Gasteiger partial charge in [-0.2, -0.15) is 0 Å². The van der Waals surface area contributed by atoms with Crippen LogP contribution in [-0.2, 0) is 4.79 Å². The van der Waals surface area contributed by atoms with Gasteiger partial charge in [0.05, 0.1) is 0 Å². The molecule has 0 fully saturated rings. The number of carbonyl (C=O) groups is 2. The third kappa shape index (κ3) is 7.39. The van der Waals surface area contributed by atoms with Gasteiger partial charge < -0.3 is 16.0 Å². The molecular weight excluding hydrogens is 182 g/mol. The topological polar surface area (TPSA) is 70.2 Å². The molecule has 0 heterocycles. The van der Waals surface area contributed by atoms with Crippen LogP contribution >= 0.6 is 0 Å². The highest BCUT2D eigenvalue weighted by molar-refractivity contribution is 5.78. The van der Waals surface area contributed by atoms with E-state index in [1.54, 1.807) is 0 Å². The monoisotopic (exact) mass is 201 g/mol. The number of rotatable bonds is 5. The molecule has 0 aromatic carbocycles. The van der Waals surface area contributed by atoms with Gasteiger partial charge in [-0.15, -0.1) is 0 Å². The first-order valence-electron chi connectivity index (χ1n) is 4.87. The molecule has 0 aliphatic carbocycles. The Labute approximate surface area is 84.6 Å². The second-order valence-corrected chi connectivity index (χ2v) is 3.26. The van der Waals surface area contributed by atoms with E-state index >= 15 is 0 Å². The Bertz CT molecular complexity index is 192. The molecule has 3 N–H and O–H groups in total. The van der Waals surface area contributed by atoms with Crippen molar-refractivity contribution in [2.24, 2.45) is 0 Å². The summed E-state index contributed by atoms with van der Waals surface area (Å²) in [5.74, 6) is -0.0446. The van der Waals surface area contributed by atoms with Gasteiger partial charge >= 0.3 is 6.03 Å². The molecule has 0 unspecified atom stereocenters. The minimum Gasteiger partial charge on any atom is -0.354 e. The zero-order valence-corrected chi connectivity index (χ0v) is 9.02. The molecule has 0 saturated heterocycles. The quantitative estimate of drug-likeness (QED) is 0.595. The zero-order chi connectivity index (χ0) is 11.0. The molecule has 0 aromatic heterocycles. The summed E-state index contributed by atoms with van der Waals surface area (Å²) < 4.78 is 0. The van der Waals surface area contributed by atoms with E-state index in [0.717, 1.165) is 0 Å². The molecule has 0 aliphatic rings. The van der Waals surface area contributed by atoms with Crippen molar-refractivity contribution in [3.8, 4) is 0 Å². The molecule has 82 valence electrons. The minimum atomic E-state index is -0.232. The van der Waals surface area contributed by atoms with E-state index < -0.39 is 0 Å². The Hall–Kier alpha value is -1.26. The lowest BCUT2D eigenvalue weighted by Crippen LogP contribution is -2.38. The molecule has 0 spiro atoms. The summed E-state index contributed by atoms with van der Waals surface area (Å²) in [4.78, 5) is 22.0. The smallest absolute Gasteiger partial charge is 0.314 e. The molecule has 0 radical (unpaired) electrons. The number of amides is 3. The molecule has 0 rings (SSSR count). The van der Waals surface area contributed by atoms with Crippen molar-refractivity contribution in [2.75, 3.05) is 13.1 Å². The van der Waals surface area contributed by atoms with Crippen LogP contribution in [0.25, 0.3) is 0 Å². The summed E-state index contributed by atoms with van der Waals surface area (Å²) in [6, 6.07) is -0.0863. The van der Waals surface area contributed by atoms with Gasteiger partial charge in [0.1, 0.15) is 0 Å². The molecule has 3 amide bonds. The molecule has 0 saturated carbocycles. The average molecular weight is 201 g/mol. The van der Waals surface area contributed by atoms with E-state index in [1.165, 1.54) is 0 Å². The zero-order valence-electron chi connectivity index (χ0n) is 9.02. The summed E-state index contributed by atoms with van der Waals surface area (Å²) in [5.41, 5.74) is 0. The van der Waals surface area contributed by atoms with Crippen LogP contribution < -0.4 is 16.0 Å². The standard InChI is InChI=1S/C9H19N3O2/c1-4-10-9(14)11-6-5-8(13)12-7(2)3/h7H,4-6H2,1-3H3,(H,12,13)(H2,10,11,14). The Morgan fingerprint density at radius 3 is 2.36 bits per heavy atom. The van der Waals surface area contributed by atoms with E-state index in [-0.39, 0.29) is 18.0 Å². The second kappa shape index (κ2) is 7.17. The third-order valence-corrected chi connectivity index (χ3v) is 1.42. The summed E-state index contributed by atoms with van der Waals surface area (Å²) >= 11 is 0. The highest BCUT2D eigenvalue weighted by Crippen LogP contribution is 1.81. The Morgan fingerprint density at radius 2 is 1.86 bits per heavy atom. The van der Waals surface area contributed by atoms with E-state index in [1.807, 2.05) is 20.8 Å². The van der Waals surface area contributed by atoms with Gasteiger partial charge in [0.25, 0.3) is 0 Å². The summed E-state index contributed by atoms with van der Waals surface area (Å²) in [6.07, 6.45) is 0.315. The van der Waals surface area contributed by atoms with Gasteiger partial charge in [-0.1, -0.05) is 0 Å². The van der Waals surface area contributed by atoms with E-state index in [0.29, 0.717) is 19.5 Å². The maximum absolute atomic E-state index is 11.1. The van der Waals surface area contributed by atoms with Gasteiger partial charge in [-0.25, -0.2) is 4.79 Å². The van der Waals surface area contributed by atoms with Crippen molar-refractivity contribution >= 4 is 11.9 Å². The molecule has 0 aliphatic heterocycles. The van der Waals surface area contributed by atoms with Crippen molar-refractivity contribution in [2.45, 2.75) is 33.2 Å². The Balaban J connectivity index is 3.44. The normalized spacial score (nSPS) is 9.71. The van der Waals surface area contributed by atoms with Crippen LogP contribution in [-0.4, -0.2) is 31.1 Å². The van der Waals surface area contributed by atoms with Crippen LogP contribution in [0, 0.1) is 0 Å². The van der Waals surface area contributed by atoms with Crippen LogP contribution in [0.3, 0.4) is 0 Å². The van der Waals surface area contributed by atoms with E-state index in [4.69, 9.17) is 0 Å². The van der Waals surface area contributed by atoms with Crippen LogP contribution in [0.2, 0.25) is 0 Å². The fraction of sp³-hybridized carbons (Fsp3) is 0.778. The van der Waals surface area contributed by atoms with Gasteiger partial charge in [-0.3, -0.25) is 4.79 Å². The summed E-state index contributed by atoms with van der Waals surface area (Å²) in [6.45, 7) is 6.59. The fourth-order valence-electron chi connectivity index (χ4n) is 0.907. The van der Waals surface area contributed by atoms with E-state index in [9.17, 15) is 9.59 Å². The van der Waals surface area contributed by atoms with Gasteiger partial charge in [0, 0.05) is 25.6 Å². The van der Waals surface area contributed by atoms with Gasteiger partial charge in [0.2, 0.25) is 5.91 Å². The van der Waals surface area contributed by atoms with Crippen molar-refractivity contribution in [3.63, 3.8) is 0 Å². The van der Waals surface area contributed by atoms with Crippen LogP contribution in [0.4, 0.5) is 4.79 Å². The molecule has 5 nitrogen and oxygen atoms in total. The number of hydrogen-bond donors (Lipinski definition) is 3. The second-order valence-electron chi connectivity index (χ2n) is 3.26. The first-order chi connectivity index (χ1) is 6.56. The van der Waals surface area contributed by atoms with Gasteiger partial charge in [0.15, 0.2) is 0 Å². The lowest BCUT2D eigenvalue weighted by atomic mass is 10.3. The van der Waals surface area contributed by atoms with Crippen molar-refractivity contribution in [1.29, 1.82) is 0 Å². The van der Waals surface area contributed by atoms with Crippen molar-refractivity contribution in [3.05, 3.63) is 0 Å². The maximum atomic E-state index is 11.1. The summed E-state index contributed by atoms with van der Waals surface area (Å²) in [5, 5.41) is 7.89. The predicted molar refractivity (Wildman–Crippen MR) is 55.0 cm³/mol. The number of carbonyl (C=O) groups excluding carboxylic acids is 2. The number of urea groups is 1. The van der Waals surface area contributed by atoms with Gasteiger partial charge in [-0.05, 0) is 20.8 Å². The van der Waals surface area contributed by atoms with Crippen LogP contribution in [0.1, 0.15) is 27.2 Å². The Kier molecular flexibility index (Phi) is 6.53. The van der Waals surface area contributed by atoms with Crippen molar-refractivity contribution < 1.29 is 9.59 Å². The molecule has 0 bridgehead atoms. The number of hydrogen-bond acceptors (Lipinski definition) is 2. The van der Waals surface area contributed by atoms with Crippen LogP contribution in [0.5, 0.6) is 0 Å². The average Bonchev–Trinajstić information content (AvgIpc) is 2.02. The molecule has 5 heteroatoms. The lowest BCUT2D eigenvalue weighted by Gasteiger charge is -2.08.